The topological polar surface area (TPSA) is 35.5 Å². The first-order valence-corrected chi connectivity index (χ1v) is 6.75. The third-order valence-corrected chi connectivity index (χ3v) is 3.21. The largest absolute Gasteiger partial charge is 0.374 e. The second-order valence-corrected chi connectivity index (χ2v) is 4.71. The normalized spacial score (nSPS) is 20.4. The van der Waals surface area contributed by atoms with Crippen molar-refractivity contribution in [2.45, 2.75) is 64.3 Å². The van der Waals surface area contributed by atoms with Gasteiger partial charge in [0.2, 0.25) is 0 Å². The molecule has 0 amide bonds. The maximum atomic E-state index is 9.55. The van der Waals surface area contributed by atoms with Crippen molar-refractivity contribution in [1.82, 2.24) is 10.2 Å². The summed E-state index contributed by atoms with van der Waals surface area (Å²) in [6, 6.07) is 0. The summed E-state index contributed by atoms with van der Waals surface area (Å²) in [5, 5.41) is 12.8. The minimum atomic E-state index is -0.404. The molecule has 3 nitrogen and oxygen atoms in total. The van der Waals surface area contributed by atoms with E-state index in [1.165, 1.54) is 32.1 Å². The fourth-order valence-electron chi connectivity index (χ4n) is 2.20. The van der Waals surface area contributed by atoms with Gasteiger partial charge in [0, 0.05) is 12.4 Å². The molecule has 0 saturated heterocycles. The van der Waals surface area contributed by atoms with Gasteiger partial charge in [-0.05, 0) is 32.6 Å². The van der Waals surface area contributed by atoms with E-state index in [2.05, 4.69) is 11.9 Å². The van der Waals surface area contributed by atoms with Gasteiger partial charge in [-0.15, -0.1) is 6.58 Å². The van der Waals surface area contributed by atoms with Crippen molar-refractivity contribution in [2.75, 3.05) is 0 Å². The van der Waals surface area contributed by atoms with E-state index in [1.807, 2.05) is 23.4 Å². The number of allylic oxidation sites excluding steroid dienone is 1. The number of nitrogens with zero attached hydrogens (tertiary/aromatic N) is 1. The first-order chi connectivity index (χ1) is 8.25. The molecule has 0 aromatic heterocycles. The molecule has 0 spiro atoms. The maximum Gasteiger partial charge on any atom is 0.125 e. The Hall–Kier alpha value is -0.960. The Morgan fingerprint density at radius 2 is 2.06 bits per heavy atom. The van der Waals surface area contributed by atoms with E-state index in [1.54, 1.807) is 6.92 Å². The zero-order valence-corrected chi connectivity index (χ0v) is 10.9. The lowest BCUT2D eigenvalue weighted by atomic mass is 10.1. The predicted octanol–water partition coefficient (Wildman–Crippen LogP) is 2.94. The van der Waals surface area contributed by atoms with Crippen LogP contribution in [0.1, 0.15) is 51.9 Å². The summed E-state index contributed by atoms with van der Waals surface area (Å²) >= 11 is 0. The van der Waals surface area contributed by atoms with Gasteiger partial charge in [-0.2, -0.15) is 0 Å². The van der Waals surface area contributed by atoms with Crippen LogP contribution in [0.25, 0.3) is 0 Å². The average Bonchev–Trinajstić information content (AvgIpc) is 2.76. The Bertz CT molecular complexity index is 238. The van der Waals surface area contributed by atoms with Gasteiger partial charge in [0.1, 0.15) is 12.4 Å². The number of rotatable bonds is 9. The summed E-state index contributed by atoms with van der Waals surface area (Å²) in [6.45, 7) is 5.53. The van der Waals surface area contributed by atoms with E-state index >= 15 is 0 Å². The number of aliphatic hydroxyl groups is 1. The highest BCUT2D eigenvalue weighted by atomic mass is 16.3. The van der Waals surface area contributed by atoms with Crippen molar-refractivity contribution in [3.63, 3.8) is 0 Å². The average molecular weight is 238 g/mol. The van der Waals surface area contributed by atoms with Crippen molar-refractivity contribution in [3.8, 4) is 0 Å². The van der Waals surface area contributed by atoms with Crippen molar-refractivity contribution in [3.05, 3.63) is 25.1 Å². The molecule has 1 heterocycles. The Labute approximate surface area is 105 Å². The number of hydrogen-bond donors (Lipinski definition) is 2. The molecule has 1 rings (SSSR count). The molecule has 1 aliphatic rings. The molecule has 0 fully saturated rings. The molecule has 3 heteroatoms. The van der Waals surface area contributed by atoms with Crippen LogP contribution in [-0.4, -0.2) is 22.4 Å². The van der Waals surface area contributed by atoms with Crippen LogP contribution in [0.5, 0.6) is 0 Å². The number of hydrogen-bond acceptors (Lipinski definition) is 3. The molecule has 0 aromatic carbocycles. The van der Waals surface area contributed by atoms with Gasteiger partial charge < -0.3 is 15.3 Å². The molecule has 0 saturated carbocycles. The SMILES string of the molecule is C=CCCCCCCCC1NC=CN1C(C)O. The molecule has 0 aliphatic carbocycles. The highest BCUT2D eigenvalue weighted by molar-refractivity contribution is 4.94. The Morgan fingerprint density at radius 3 is 2.76 bits per heavy atom. The van der Waals surface area contributed by atoms with Crippen LogP contribution in [0.2, 0.25) is 0 Å². The van der Waals surface area contributed by atoms with E-state index < -0.39 is 6.23 Å². The lowest BCUT2D eigenvalue weighted by Crippen LogP contribution is -2.40. The molecule has 2 atom stereocenters. The van der Waals surface area contributed by atoms with Crippen molar-refractivity contribution < 1.29 is 5.11 Å². The summed E-state index contributed by atoms with van der Waals surface area (Å²) in [4.78, 5) is 1.97. The van der Waals surface area contributed by atoms with Gasteiger partial charge >= 0.3 is 0 Å². The van der Waals surface area contributed by atoms with E-state index in [0.29, 0.717) is 0 Å². The zero-order chi connectivity index (χ0) is 12.5. The molecule has 0 bridgehead atoms. The highest BCUT2D eigenvalue weighted by Gasteiger charge is 2.20. The molecular formula is C14H26N2O. The van der Waals surface area contributed by atoms with Crippen LogP contribution in [0.15, 0.2) is 25.1 Å². The zero-order valence-electron chi connectivity index (χ0n) is 10.9. The van der Waals surface area contributed by atoms with Crippen LogP contribution in [0.4, 0.5) is 0 Å². The minimum Gasteiger partial charge on any atom is -0.374 e. The van der Waals surface area contributed by atoms with E-state index in [9.17, 15) is 5.11 Å². The molecule has 98 valence electrons. The molecule has 0 aromatic rings. The van der Waals surface area contributed by atoms with Gasteiger partial charge in [-0.1, -0.05) is 25.3 Å². The monoisotopic (exact) mass is 238 g/mol. The number of nitrogens with one attached hydrogen (secondary N) is 1. The van der Waals surface area contributed by atoms with Gasteiger partial charge in [-0.25, -0.2) is 0 Å². The third-order valence-electron chi connectivity index (χ3n) is 3.21. The van der Waals surface area contributed by atoms with Gasteiger partial charge in [0.15, 0.2) is 0 Å². The Morgan fingerprint density at radius 1 is 1.35 bits per heavy atom. The third kappa shape index (κ3) is 5.26. The Balaban J connectivity index is 2.01. The fraction of sp³-hybridized carbons (Fsp3) is 0.714. The van der Waals surface area contributed by atoms with Crippen LogP contribution < -0.4 is 5.32 Å². The molecule has 0 radical (unpaired) electrons. The molecule has 1 aliphatic heterocycles. The molecule has 2 N–H and O–H groups in total. The van der Waals surface area contributed by atoms with Gasteiger partial charge in [0.05, 0.1) is 0 Å². The lowest BCUT2D eigenvalue weighted by molar-refractivity contribution is 0.0254. The van der Waals surface area contributed by atoms with Gasteiger partial charge in [0.25, 0.3) is 0 Å². The van der Waals surface area contributed by atoms with Gasteiger partial charge in [-0.3, -0.25) is 0 Å². The first-order valence-electron chi connectivity index (χ1n) is 6.75. The summed E-state index contributed by atoms with van der Waals surface area (Å²) in [6.07, 6.45) is 14.3. The second kappa shape index (κ2) is 8.18. The highest BCUT2D eigenvalue weighted by Crippen LogP contribution is 2.15. The predicted molar refractivity (Wildman–Crippen MR) is 72.1 cm³/mol. The molecule has 17 heavy (non-hydrogen) atoms. The van der Waals surface area contributed by atoms with Crippen LogP contribution >= 0.6 is 0 Å². The number of aliphatic hydroxyl groups excluding tert-OH is 1. The molecular weight excluding hydrogens is 212 g/mol. The fourth-order valence-corrected chi connectivity index (χ4v) is 2.20. The van der Waals surface area contributed by atoms with Crippen LogP contribution in [-0.2, 0) is 0 Å². The van der Waals surface area contributed by atoms with E-state index in [-0.39, 0.29) is 6.17 Å². The standard InChI is InChI=1S/C14H26N2O/c1-3-4-5-6-7-8-9-10-14-15-11-12-16(14)13(2)17/h3,11-15,17H,1,4-10H2,2H3. The summed E-state index contributed by atoms with van der Waals surface area (Å²) in [7, 11) is 0. The lowest BCUT2D eigenvalue weighted by Gasteiger charge is -2.28. The van der Waals surface area contributed by atoms with Crippen LogP contribution in [0, 0.1) is 0 Å². The van der Waals surface area contributed by atoms with Crippen LogP contribution in [0.3, 0.4) is 0 Å². The van der Waals surface area contributed by atoms with Crippen molar-refractivity contribution >= 4 is 0 Å². The van der Waals surface area contributed by atoms with Crippen molar-refractivity contribution in [2.24, 2.45) is 0 Å². The van der Waals surface area contributed by atoms with E-state index in [0.717, 1.165) is 12.8 Å². The van der Waals surface area contributed by atoms with Crippen molar-refractivity contribution in [1.29, 1.82) is 0 Å². The summed E-state index contributed by atoms with van der Waals surface area (Å²) < 4.78 is 0. The Kier molecular flexibility index (Phi) is 6.78. The minimum absolute atomic E-state index is 0.281. The smallest absolute Gasteiger partial charge is 0.125 e. The quantitative estimate of drug-likeness (QED) is 0.479. The van der Waals surface area contributed by atoms with E-state index in [4.69, 9.17) is 0 Å². The first kappa shape index (κ1) is 14.1. The number of unbranched alkanes of at least 4 members (excludes halogenated alkanes) is 5. The summed E-state index contributed by atoms with van der Waals surface area (Å²) in [5.41, 5.74) is 0. The summed E-state index contributed by atoms with van der Waals surface area (Å²) in [5.74, 6) is 0. The molecule has 2 unspecified atom stereocenters. The second-order valence-electron chi connectivity index (χ2n) is 4.71. The maximum absolute atomic E-state index is 9.55.